The van der Waals surface area contributed by atoms with Gasteiger partial charge in [-0.3, -0.25) is 0 Å². The van der Waals surface area contributed by atoms with Gasteiger partial charge in [0.15, 0.2) is 11.5 Å². The van der Waals surface area contributed by atoms with Crippen LogP contribution in [0.3, 0.4) is 0 Å². The number of ether oxygens (including phenoxy) is 4. The average Bonchev–Trinajstić information content (AvgIpc) is 2.60. The van der Waals surface area contributed by atoms with Gasteiger partial charge in [-0.1, -0.05) is 0 Å². The lowest BCUT2D eigenvalue weighted by atomic mass is 9.70. The zero-order valence-corrected chi connectivity index (χ0v) is 13.9. The van der Waals surface area contributed by atoms with Gasteiger partial charge in [0.25, 0.3) is 0 Å². The molecule has 1 aromatic carbocycles. The normalized spacial score (nSPS) is 19.2. The van der Waals surface area contributed by atoms with Crippen molar-refractivity contribution in [1.29, 1.82) is 0 Å². The average molecular weight is 321 g/mol. The number of rotatable bonds is 2. The second-order valence-corrected chi connectivity index (χ2v) is 6.08. The summed E-state index contributed by atoms with van der Waals surface area (Å²) in [6, 6.07) is 4.04. The van der Waals surface area contributed by atoms with Crippen LogP contribution in [0.15, 0.2) is 12.1 Å². The zero-order valence-electron chi connectivity index (χ0n) is 13.9. The molecular formula is C17H23NO5. The maximum atomic E-state index is 12.1. The van der Waals surface area contributed by atoms with Gasteiger partial charge in [0.2, 0.25) is 0 Å². The molecule has 6 nitrogen and oxygen atoms in total. The smallest absolute Gasteiger partial charge is 0.409 e. The van der Waals surface area contributed by atoms with Gasteiger partial charge in [-0.05, 0) is 36.1 Å². The van der Waals surface area contributed by atoms with Crippen LogP contribution >= 0.6 is 0 Å². The summed E-state index contributed by atoms with van der Waals surface area (Å²) < 4.78 is 21.4. The number of amides is 1. The van der Waals surface area contributed by atoms with Crippen molar-refractivity contribution in [1.82, 2.24) is 4.90 Å². The van der Waals surface area contributed by atoms with Crippen molar-refractivity contribution in [2.24, 2.45) is 0 Å². The minimum absolute atomic E-state index is 0.112. The van der Waals surface area contributed by atoms with Crippen LogP contribution in [0.25, 0.3) is 0 Å². The summed E-state index contributed by atoms with van der Waals surface area (Å²) in [6.07, 6.45) is 1.46. The van der Waals surface area contributed by atoms with E-state index in [-0.39, 0.29) is 11.5 Å². The van der Waals surface area contributed by atoms with Crippen LogP contribution in [-0.4, -0.2) is 52.1 Å². The van der Waals surface area contributed by atoms with Gasteiger partial charge in [-0.25, -0.2) is 4.79 Å². The monoisotopic (exact) mass is 321 g/mol. The van der Waals surface area contributed by atoms with E-state index in [1.807, 2.05) is 6.07 Å². The topological polar surface area (TPSA) is 57.2 Å². The molecule has 0 aromatic heterocycles. The number of benzene rings is 1. The zero-order chi connectivity index (χ0) is 16.4. The third kappa shape index (κ3) is 2.72. The molecule has 0 atom stereocenters. The van der Waals surface area contributed by atoms with E-state index < -0.39 is 0 Å². The fourth-order valence-electron chi connectivity index (χ4n) is 3.71. The summed E-state index contributed by atoms with van der Waals surface area (Å²) in [6.45, 7) is 2.56. The largest absolute Gasteiger partial charge is 0.493 e. The molecule has 126 valence electrons. The Labute approximate surface area is 136 Å². The Bertz CT molecular complexity index is 595. The molecule has 1 fully saturated rings. The highest BCUT2D eigenvalue weighted by atomic mass is 16.5. The Morgan fingerprint density at radius 3 is 2.39 bits per heavy atom. The molecule has 1 saturated heterocycles. The van der Waals surface area contributed by atoms with E-state index in [1.165, 1.54) is 12.7 Å². The highest BCUT2D eigenvalue weighted by molar-refractivity contribution is 5.69. The lowest BCUT2D eigenvalue weighted by Crippen LogP contribution is -2.50. The summed E-state index contributed by atoms with van der Waals surface area (Å²) in [7, 11) is 4.68. The highest BCUT2D eigenvalue weighted by Crippen LogP contribution is 2.45. The first-order valence-corrected chi connectivity index (χ1v) is 7.79. The fraction of sp³-hybridized carbons (Fsp3) is 0.588. The standard InChI is InChI=1S/C17H23NO5/c1-20-14-8-12-10-18(16(19)22-3)11-17(4-6-23-7-5-17)13(12)9-15(14)21-2/h8-9H,4-7,10-11H2,1-3H3. The van der Waals surface area contributed by atoms with Gasteiger partial charge in [-0.2, -0.15) is 0 Å². The van der Waals surface area contributed by atoms with Gasteiger partial charge in [0.05, 0.1) is 21.3 Å². The van der Waals surface area contributed by atoms with E-state index in [9.17, 15) is 4.79 Å². The lowest BCUT2D eigenvalue weighted by Gasteiger charge is -2.46. The van der Waals surface area contributed by atoms with Crippen LogP contribution in [0.2, 0.25) is 0 Å². The molecule has 0 saturated carbocycles. The minimum atomic E-state index is -0.295. The van der Waals surface area contributed by atoms with Crippen LogP contribution in [0, 0.1) is 0 Å². The minimum Gasteiger partial charge on any atom is -0.493 e. The number of methoxy groups -OCH3 is 3. The van der Waals surface area contributed by atoms with Crippen molar-refractivity contribution >= 4 is 6.09 Å². The molecule has 0 radical (unpaired) electrons. The molecule has 6 heteroatoms. The molecule has 23 heavy (non-hydrogen) atoms. The van der Waals surface area contributed by atoms with Crippen LogP contribution < -0.4 is 9.47 Å². The molecule has 2 aliphatic heterocycles. The predicted octanol–water partition coefficient (Wildman–Crippen LogP) is 2.33. The third-order valence-electron chi connectivity index (χ3n) is 4.92. The van der Waals surface area contributed by atoms with E-state index in [2.05, 4.69) is 6.07 Å². The Morgan fingerprint density at radius 1 is 1.13 bits per heavy atom. The van der Waals surface area contributed by atoms with Crippen LogP contribution in [0.1, 0.15) is 24.0 Å². The van der Waals surface area contributed by atoms with Gasteiger partial charge < -0.3 is 23.8 Å². The summed E-state index contributed by atoms with van der Waals surface area (Å²) in [4.78, 5) is 13.9. The molecule has 1 amide bonds. The van der Waals surface area contributed by atoms with Crippen LogP contribution in [0.5, 0.6) is 11.5 Å². The second-order valence-electron chi connectivity index (χ2n) is 6.08. The van der Waals surface area contributed by atoms with E-state index in [0.717, 1.165) is 24.2 Å². The van der Waals surface area contributed by atoms with Crippen molar-refractivity contribution in [3.8, 4) is 11.5 Å². The summed E-state index contributed by atoms with van der Waals surface area (Å²) in [5.41, 5.74) is 2.21. The Morgan fingerprint density at radius 2 is 1.78 bits per heavy atom. The molecule has 0 N–H and O–H groups in total. The first kappa shape index (κ1) is 15.9. The molecule has 1 aromatic rings. The van der Waals surface area contributed by atoms with Gasteiger partial charge >= 0.3 is 6.09 Å². The van der Waals surface area contributed by atoms with E-state index in [1.54, 1.807) is 19.1 Å². The number of hydrogen-bond donors (Lipinski definition) is 0. The maximum absolute atomic E-state index is 12.1. The molecular weight excluding hydrogens is 298 g/mol. The van der Waals surface area contributed by atoms with E-state index >= 15 is 0 Å². The number of carbonyl (C=O) groups is 1. The second kappa shape index (κ2) is 6.28. The SMILES string of the molecule is COC(=O)N1Cc2cc(OC)c(OC)cc2C2(CCOCC2)C1. The Balaban J connectivity index is 2.09. The fourth-order valence-corrected chi connectivity index (χ4v) is 3.71. The number of nitrogens with zero attached hydrogens (tertiary/aromatic N) is 1. The molecule has 2 heterocycles. The summed E-state index contributed by atoms with van der Waals surface area (Å²) in [5, 5.41) is 0. The van der Waals surface area contributed by atoms with Gasteiger partial charge in [-0.15, -0.1) is 0 Å². The van der Waals surface area contributed by atoms with E-state index in [0.29, 0.717) is 32.1 Å². The summed E-state index contributed by atoms with van der Waals surface area (Å²) in [5.74, 6) is 1.41. The number of fused-ring (bicyclic) bond motifs is 2. The Hall–Kier alpha value is -1.95. The molecule has 1 spiro atoms. The number of hydrogen-bond acceptors (Lipinski definition) is 5. The molecule has 0 unspecified atom stereocenters. The van der Waals surface area contributed by atoms with Crippen molar-refractivity contribution in [2.75, 3.05) is 41.1 Å². The molecule has 3 rings (SSSR count). The Kier molecular flexibility index (Phi) is 4.35. The molecule has 0 aliphatic carbocycles. The number of carbonyl (C=O) groups excluding carboxylic acids is 1. The maximum Gasteiger partial charge on any atom is 0.409 e. The molecule has 2 aliphatic rings. The van der Waals surface area contributed by atoms with Crippen molar-refractivity contribution in [2.45, 2.75) is 24.8 Å². The van der Waals surface area contributed by atoms with Gasteiger partial charge in [0.1, 0.15) is 0 Å². The van der Waals surface area contributed by atoms with E-state index in [4.69, 9.17) is 18.9 Å². The summed E-state index contributed by atoms with van der Waals surface area (Å²) >= 11 is 0. The lowest BCUT2D eigenvalue weighted by molar-refractivity contribution is 0.0244. The quantitative estimate of drug-likeness (QED) is 0.837. The first-order chi connectivity index (χ1) is 11.1. The highest BCUT2D eigenvalue weighted by Gasteiger charge is 2.43. The van der Waals surface area contributed by atoms with Gasteiger partial charge in [0, 0.05) is 31.7 Å². The van der Waals surface area contributed by atoms with Crippen LogP contribution in [-0.2, 0) is 21.4 Å². The van der Waals surface area contributed by atoms with Crippen molar-refractivity contribution < 1.29 is 23.7 Å². The van der Waals surface area contributed by atoms with Crippen LogP contribution in [0.4, 0.5) is 4.79 Å². The third-order valence-corrected chi connectivity index (χ3v) is 4.92. The van der Waals surface area contributed by atoms with Crippen molar-refractivity contribution in [3.05, 3.63) is 23.3 Å². The first-order valence-electron chi connectivity index (χ1n) is 7.79. The molecule has 0 bridgehead atoms. The predicted molar refractivity (Wildman–Crippen MR) is 84.1 cm³/mol. The van der Waals surface area contributed by atoms with Crippen molar-refractivity contribution in [3.63, 3.8) is 0 Å².